The minimum absolute atomic E-state index is 0.0102. The first-order valence-corrected chi connectivity index (χ1v) is 8.68. The van der Waals surface area contributed by atoms with Gasteiger partial charge in [-0.25, -0.2) is 4.79 Å². The number of amides is 3. The average molecular weight is 375 g/mol. The van der Waals surface area contributed by atoms with Gasteiger partial charge in [0.15, 0.2) is 0 Å². The molecule has 2 rings (SSSR count). The fourth-order valence-corrected chi connectivity index (χ4v) is 3.54. The molecule has 1 heterocycles. The van der Waals surface area contributed by atoms with Gasteiger partial charge in [-0.3, -0.25) is 4.79 Å². The first-order valence-electron chi connectivity index (χ1n) is 7.87. The number of hydrogen-bond acceptors (Lipinski definition) is 3. The van der Waals surface area contributed by atoms with Crippen LogP contribution in [-0.2, 0) is 4.79 Å². The summed E-state index contributed by atoms with van der Waals surface area (Å²) < 4.78 is 37.4. The van der Waals surface area contributed by atoms with Crippen LogP contribution in [0.25, 0.3) is 0 Å². The summed E-state index contributed by atoms with van der Waals surface area (Å²) in [5.41, 5.74) is 0.631. The van der Waals surface area contributed by atoms with Crippen molar-refractivity contribution in [2.45, 2.75) is 36.6 Å². The topological polar surface area (TPSA) is 75.4 Å². The highest BCUT2D eigenvalue weighted by Gasteiger charge is 2.40. The van der Waals surface area contributed by atoms with E-state index in [1.54, 1.807) is 0 Å². The lowest BCUT2D eigenvalue weighted by Crippen LogP contribution is -2.52. The van der Waals surface area contributed by atoms with Crippen molar-refractivity contribution in [3.05, 3.63) is 24.3 Å². The van der Waals surface area contributed by atoms with Crippen LogP contribution in [0.4, 0.5) is 23.7 Å². The predicted molar refractivity (Wildman–Crippen MR) is 90.1 cm³/mol. The second-order valence-corrected chi connectivity index (χ2v) is 7.17. The Labute approximate surface area is 148 Å². The van der Waals surface area contributed by atoms with Gasteiger partial charge in [-0.15, -0.1) is 0 Å². The van der Waals surface area contributed by atoms with Crippen molar-refractivity contribution in [2.24, 2.45) is 11.1 Å². The number of halogens is 3. The highest BCUT2D eigenvalue weighted by molar-refractivity contribution is 8.00. The Morgan fingerprint density at radius 3 is 2.72 bits per heavy atom. The number of carbonyl (C=O) groups is 2. The van der Waals surface area contributed by atoms with E-state index >= 15 is 0 Å². The summed E-state index contributed by atoms with van der Waals surface area (Å²) in [6.45, 7) is 2.53. The first-order chi connectivity index (χ1) is 11.6. The van der Waals surface area contributed by atoms with Crippen LogP contribution in [0.1, 0.15) is 26.2 Å². The smallest absolute Gasteiger partial charge is 0.369 e. The van der Waals surface area contributed by atoms with E-state index in [9.17, 15) is 22.8 Å². The monoisotopic (exact) mass is 375 g/mol. The Morgan fingerprint density at radius 1 is 1.40 bits per heavy atom. The van der Waals surface area contributed by atoms with E-state index in [1.807, 2.05) is 6.92 Å². The number of nitrogens with zero attached hydrogens (tertiary/aromatic N) is 1. The molecule has 1 atom stereocenters. The third-order valence-electron chi connectivity index (χ3n) is 4.38. The van der Waals surface area contributed by atoms with E-state index in [0.717, 1.165) is 0 Å². The maximum Gasteiger partial charge on any atom is 0.446 e. The Balaban J connectivity index is 2.07. The Hall–Kier alpha value is -1.90. The van der Waals surface area contributed by atoms with Crippen LogP contribution in [0.2, 0.25) is 0 Å². The number of likely N-dealkylation sites (tertiary alicyclic amines) is 1. The number of hydrogen-bond donors (Lipinski definition) is 2. The Morgan fingerprint density at radius 2 is 2.12 bits per heavy atom. The fraction of sp³-hybridized carbons (Fsp3) is 0.500. The van der Waals surface area contributed by atoms with Gasteiger partial charge in [-0.2, -0.15) is 13.2 Å². The average Bonchev–Trinajstić information content (AvgIpc) is 2.53. The summed E-state index contributed by atoms with van der Waals surface area (Å²) in [5, 5.41) is 2.59. The highest BCUT2D eigenvalue weighted by atomic mass is 32.2. The van der Waals surface area contributed by atoms with Crippen LogP contribution in [0, 0.1) is 5.41 Å². The molecule has 1 aromatic rings. The lowest BCUT2D eigenvalue weighted by Gasteiger charge is -2.40. The van der Waals surface area contributed by atoms with Crippen molar-refractivity contribution >= 4 is 29.4 Å². The first kappa shape index (κ1) is 19.4. The van der Waals surface area contributed by atoms with Gasteiger partial charge in [0, 0.05) is 23.7 Å². The molecule has 1 saturated heterocycles. The van der Waals surface area contributed by atoms with Gasteiger partial charge in [-0.05, 0) is 49.2 Å². The second-order valence-electron chi connectivity index (χ2n) is 6.03. The summed E-state index contributed by atoms with van der Waals surface area (Å²) in [4.78, 5) is 25.7. The van der Waals surface area contributed by atoms with Crippen LogP contribution in [0.15, 0.2) is 29.2 Å². The van der Waals surface area contributed by atoms with Gasteiger partial charge in [0.1, 0.15) is 0 Å². The number of piperidine rings is 1. The normalized spacial score (nSPS) is 21.0. The fourth-order valence-electron chi connectivity index (χ4n) is 2.94. The molecule has 0 spiro atoms. The van der Waals surface area contributed by atoms with Crippen LogP contribution < -0.4 is 11.1 Å². The molecule has 3 N–H and O–H groups in total. The van der Waals surface area contributed by atoms with Gasteiger partial charge in [0.25, 0.3) is 0 Å². The molecule has 3 amide bonds. The number of benzene rings is 1. The van der Waals surface area contributed by atoms with Crippen LogP contribution in [-0.4, -0.2) is 35.4 Å². The molecule has 0 bridgehead atoms. The highest BCUT2D eigenvalue weighted by Crippen LogP contribution is 2.38. The summed E-state index contributed by atoms with van der Waals surface area (Å²) >= 11 is -0.241. The number of carbonyl (C=O) groups excluding carboxylic acids is 2. The second kappa shape index (κ2) is 7.55. The zero-order valence-electron chi connectivity index (χ0n) is 13.7. The molecular weight excluding hydrogens is 355 g/mol. The summed E-state index contributed by atoms with van der Waals surface area (Å²) in [5.74, 6) is -0.434. The molecular formula is C16H20F3N3O2S. The van der Waals surface area contributed by atoms with Crippen molar-refractivity contribution in [1.82, 2.24) is 4.90 Å². The zero-order valence-corrected chi connectivity index (χ0v) is 14.5. The molecule has 5 nitrogen and oxygen atoms in total. The number of primary amides is 1. The minimum Gasteiger partial charge on any atom is -0.369 e. The molecule has 138 valence electrons. The lowest BCUT2D eigenvalue weighted by atomic mass is 9.77. The van der Waals surface area contributed by atoms with E-state index in [0.29, 0.717) is 25.8 Å². The maximum atomic E-state index is 12.5. The van der Waals surface area contributed by atoms with Crippen LogP contribution in [0.3, 0.4) is 0 Å². The number of nitrogens with one attached hydrogen (secondary N) is 1. The number of rotatable bonds is 4. The summed E-state index contributed by atoms with van der Waals surface area (Å²) in [6, 6.07) is 5.10. The maximum absolute atomic E-state index is 12.5. The molecule has 0 aromatic heterocycles. The van der Waals surface area contributed by atoms with Gasteiger partial charge in [0.2, 0.25) is 5.91 Å². The van der Waals surface area contributed by atoms with E-state index in [2.05, 4.69) is 5.32 Å². The molecule has 1 aliphatic rings. The van der Waals surface area contributed by atoms with Crippen molar-refractivity contribution < 1.29 is 22.8 Å². The Bertz CT molecular complexity index is 654. The van der Waals surface area contributed by atoms with Crippen molar-refractivity contribution in [3.8, 4) is 0 Å². The minimum atomic E-state index is -4.39. The van der Waals surface area contributed by atoms with Crippen molar-refractivity contribution in [2.75, 3.05) is 18.4 Å². The number of urea groups is 1. The van der Waals surface area contributed by atoms with Gasteiger partial charge < -0.3 is 16.0 Å². The van der Waals surface area contributed by atoms with Crippen LogP contribution in [0.5, 0.6) is 0 Å². The van der Waals surface area contributed by atoms with E-state index in [4.69, 9.17) is 5.73 Å². The summed E-state index contributed by atoms with van der Waals surface area (Å²) in [6.07, 6.45) is 1.80. The third-order valence-corrected chi connectivity index (χ3v) is 5.10. The SMILES string of the molecule is CCC1(C(N)=O)CCCN(C(=O)Nc2cccc(SC(F)(F)F)c2)C1. The van der Waals surface area contributed by atoms with Crippen molar-refractivity contribution in [1.29, 1.82) is 0 Å². The van der Waals surface area contributed by atoms with Gasteiger partial charge in [0.05, 0.1) is 5.41 Å². The molecule has 0 saturated carbocycles. The third kappa shape index (κ3) is 5.04. The molecule has 0 radical (unpaired) electrons. The number of anilines is 1. The molecule has 1 aliphatic heterocycles. The zero-order chi connectivity index (χ0) is 18.7. The molecule has 0 aliphatic carbocycles. The molecule has 1 unspecified atom stereocenters. The quantitative estimate of drug-likeness (QED) is 0.786. The number of alkyl halides is 3. The predicted octanol–water partition coefficient (Wildman–Crippen LogP) is 3.81. The Kier molecular flexibility index (Phi) is 5.87. The molecule has 1 fully saturated rings. The van der Waals surface area contributed by atoms with E-state index in [-0.39, 0.29) is 28.9 Å². The van der Waals surface area contributed by atoms with Crippen molar-refractivity contribution in [3.63, 3.8) is 0 Å². The van der Waals surface area contributed by atoms with Crippen LogP contribution >= 0.6 is 11.8 Å². The molecule has 9 heteroatoms. The summed E-state index contributed by atoms with van der Waals surface area (Å²) in [7, 11) is 0. The van der Waals surface area contributed by atoms with Gasteiger partial charge >= 0.3 is 11.5 Å². The molecule has 25 heavy (non-hydrogen) atoms. The standard InChI is InChI=1S/C16H20F3N3O2S/c1-2-15(13(20)23)7-4-8-22(10-15)14(24)21-11-5-3-6-12(9-11)25-16(17,18)19/h3,5-6,9H,2,4,7-8,10H2,1H3,(H2,20,23)(H,21,24). The van der Waals surface area contributed by atoms with E-state index in [1.165, 1.54) is 29.2 Å². The lowest BCUT2D eigenvalue weighted by molar-refractivity contribution is -0.130. The van der Waals surface area contributed by atoms with E-state index < -0.39 is 22.9 Å². The van der Waals surface area contributed by atoms with Gasteiger partial charge in [-0.1, -0.05) is 13.0 Å². The molecule has 1 aromatic carbocycles. The number of thioether (sulfide) groups is 1. The largest absolute Gasteiger partial charge is 0.446 e. The number of nitrogens with two attached hydrogens (primary N) is 1.